The number of aromatic amines is 1. The van der Waals surface area contributed by atoms with Crippen LogP contribution < -0.4 is 5.56 Å². The topological polar surface area (TPSA) is 62.8 Å². The predicted molar refractivity (Wildman–Crippen MR) is 85.2 cm³/mol. The van der Waals surface area contributed by atoms with Gasteiger partial charge >= 0.3 is 0 Å². The Labute approximate surface area is 128 Å². The van der Waals surface area contributed by atoms with E-state index in [9.17, 15) is 9.59 Å². The van der Waals surface area contributed by atoms with Crippen LogP contribution in [0.4, 0.5) is 0 Å². The number of nitrogens with zero attached hydrogens (tertiary/aromatic N) is 1. The first-order valence-corrected chi connectivity index (χ1v) is 7.78. The van der Waals surface area contributed by atoms with Gasteiger partial charge in [-0.25, -0.2) is 4.98 Å². The van der Waals surface area contributed by atoms with Crippen LogP contribution in [0.15, 0.2) is 40.3 Å². The van der Waals surface area contributed by atoms with E-state index in [1.54, 1.807) is 0 Å². The van der Waals surface area contributed by atoms with Crippen LogP contribution in [0.25, 0.3) is 0 Å². The summed E-state index contributed by atoms with van der Waals surface area (Å²) in [6.45, 7) is 5.94. The van der Waals surface area contributed by atoms with Crippen LogP contribution in [0.1, 0.15) is 41.4 Å². The first kappa shape index (κ1) is 15.5. The van der Waals surface area contributed by atoms with E-state index in [0.29, 0.717) is 10.7 Å². The second-order valence-corrected chi connectivity index (χ2v) is 6.17. The fourth-order valence-corrected chi connectivity index (χ4v) is 2.55. The Morgan fingerprint density at radius 1 is 1.29 bits per heavy atom. The minimum Gasteiger partial charge on any atom is -0.301 e. The lowest BCUT2D eigenvalue weighted by Gasteiger charge is -2.06. The summed E-state index contributed by atoms with van der Waals surface area (Å²) >= 11 is 1.26. The number of ketones is 1. The van der Waals surface area contributed by atoms with E-state index in [1.165, 1.54) is 17.8 Å². The average molecular weight is 302 g/mol. The molecule has 0 atom stereocenters. The third-order valence-electron chi connectivity index (χ3n) is 3.04. The van der Waals surface area contributed by atoms with Gasteiger partial charge in [-0.05, 0) is 12.8 Å². The largest absolute Gasteiger partial charge is 0.301 e. The highest BCUT2D eigenvalue weighted by molar-refractivity contribution is 7.99. The van der Waals surface area contributed by atoms with E-state index in [4.69, 9.17) is 0 Å². The lowest BCUT2D eigenvalue weighted by Crippen LogP contribution is -2.12. The number of Topliss-reactive ketones (excluding diaryl/α,β-unsaturated/α-hetero) is 1. The van der Waals surface area contributed by atoms with Gasteiger partial charge in [0.1, 0.15) is 0 Å². The van der Waals surface area contributed by atoms with Gasteiger partial charge in [0.15, 0.2) is 10.9 Å². The van der Waals surface area contributed by atoms with Gasteiger partial charge in [0.25, 0.3) is 5.56 Å². The Hall–Kier alpha value is -1.88. The average Bonchev–Trinajstić information content (AvgIpc) is 2.45. The van der Waals surface area contributed by atoms with Crippen LogP contribution in [0.3, 0.4) is 0 Å². The summed E-state index contributed by atoms with van der Waals surface area (Å²) in [5.41, 5.74) is 2.35. The van der Waals surface area contributed by atoms with Crippen molar-refractivity contribution < 1.29 is 4.79 Å². The van der Waals surface area contributed by atoms with Crippen molar-refractivity contribution in [3.05, 3.63) is 57.5 Å². The van der Waals surface area contributed by atoms with Gasteiger partial charge in [0, 0.05) is 11.6 Å². The number of thioether (sulfide) groups is 1. The molecule has 1 heterocycles. The van der Waals surface area contributed by atoms with Gasteiger partial charge in [0.2, 0.25) is 0 Å². The molecule has 0 aliphatic carbocycles. The lowest BCUT2D eigenvalue weighted by atomic mass is 10.1. The molecule has 5 heteroatoms. The quantitative estimate of drug-likeness (QED) is 0.523. The van der Waals surface area contributed by atoms with Crippen molar-refractivity contribution >= 4 is 17.5 Å². The fraction of sp³-hybridized carbons (Fsp3) is 0.312. The minimum absolute atomic E-state index is 0.0256. The predicted octanol–water partition coefficient (Wildman–Crippen LogP) is 3.18. The molecule has 1 aromatic carbocycles. The third kappa shape index (κ3) is 4.29. The van der Waals surface area contributed by atoms with E-state index < -0.39 is 0 Å². The fourth-order valence-electron chi connectivity index (χ4n) is 1.77. The van der Waals surface area contributed by atoms with Crippen LogP contribution in [0.2, 0.25) is 0 Å². The van der Waals surface area contributed by atoms with Crippen molar-refractivity contribution in [2.45, 2.75) is 31.8 Å². The summed E-state index contributed by atoms with van der Waals surface area (Å²) in [5, 5.41) is 0.492. The summed E-state index contributed by atoms with van der Waals surface area (Å²) in [5.74, 6) is 0.463. The second kappa shape index (κ2) is 6.72. The van der Waals surface area contributed by atoms with Crippen molar-refractivity contribution in [3.8, 4) is 0 Å². The van der Waals surface area contributed by atoms with Crippen molar-refractivity contribution in [3.63, 3.8) is 0 Å². The Bertz CT molecular complexity index is 690. The molecule has 110 valence electrons. The number of hydrogen-bond donors (Lipinski definition) is 1. The Morgan fingerprint density at radius 3 is 2.57 bits per heavy atom. The molecule has 1 N–H and O–H groups in total. The zero-order valence-corrected chi connectivity index (χ0v) is 13.2. The van der Waals surface area contributed by atoms with E-state index in [2.05, 4.69) is 9.97 Å². The highest BCUT2D eigenvalue weighted by Gasteiger charge is 2.10. The maximum Gasteiger partial charge on any atom is 0.251 e. The van der Waals surface area contributed by atoms with E-state index in [-0.39, 0.29) is 23.0 Å². The molecule has 2 aromatic rings. The lowest BCUT2D eigenvalue weighted by molar-refractivity contribution is 0.102. The van der Waals surface area contributed by atoms with Gasteiger partial charge in [-0.3, -0.25) is 9.59 Å². The number of rotatable bonds is 5. The molecule has 21 heavy (non-hydrogen) atoms. The van der Waals surface area contributed by atoms with Gasteiger partial charge in [0.05, 0.1) is 11.4 Å². The van der Waals surface area contributed by atoms with Crippen molar-refractivity contribution in [2.24, 2.45) is 0 Å². The zero-order chi connectivity index (χ0) is 15.4. The van der Waals surface area contributed by atoms with E-state index in [0.717, 1.165) is 11.3 Å². The number of benzene rings is 1. The van der Waals surface area contributed by atoms with Crippen molar-refractivity contribution in [2.75, 3.05) is 5.75 Å². The van der Waals surface area contributed by atoms with Gasteiger partial charge in [-0.2, -0.15) is 0 Å². The normalized spacial score (nSPS) is 10.9. The standard InChI is InChI=1S/C16H18N2O2S/c1-10(2)13-8-15(20)18-16(17-13)21-9-14(19)12-6-4-11(3)5-7-12/h4-8,10H,9H2,1-3H3,(H,17,18,20). The van der Waals surface area contributed by atoms with E-state index in [1.807, 2.05) is 45.0 Å². The molecular formula is C16H18N2O2S. The SMILES string of the molecule is Cc1ccc(C(=O)CSc2nc(C(C)C)cc(=O)[nH]2)cc1. The molecule has 0 radical (unpaired) electrons. The number of carbonyl (C=O) groups excluding carboxylic acids is 1. The van der Waals surface area contributed by atoms with Crippen LogP contribution in [0, 0.1) is 6.92 Å². The molecule has 0 spiro atoms. The summed E-state index contributed by atoms with van der Waals surface area (Å²) in [7, 11) is 0. The molecule has 2 rings (SSSR count). The number of hydrogen-bond acceptors (Lipinski definition) is 4. The maximum absolute atomic E-state index is 12.1. The number of aryl methyl sites for hydroxylation is 1. The Balaban J connectivity index is 2.07. The Morgan fingerprint density at radius 2 is 1.95 bits per heavy atom. The van der Waals surface area contributed by atoms with Crippen molar-refractivity contribution in [1.29, 1.82) is 0 Å². The van der Waals surface area contributed by atoms with Crippen LogP contribution in [-0.2, 0) is 0 Å². The first-order valence-electron chi connectivity index (χ1n) is 6.79. The van der Waals surface area contributed by atoms with Gasteiger partial charge in [-0.15, -0.1) is 0 Å². The summed E-state index contributed by atoms with van der Waals surface area (Å²) in [4.78, 5) is 30.7. The number of nitrogens with one attached hydrogen (secondary N) is 1. The number of H-pyrrole nitrogens is 1. The second-order valence-electron chi connectivity index (χ2n) is 5.21. The van der Waals surface area contributed by atoms with Crippen LogP contribution in [-0.4, -0.2) is 21.5 Å². The molecule has 0 aliphatic rings. The molecule has 0 aliphatic heterocycles. The first-order chi connectivity index (χ1) is 9.95. The molecule has 0 bridgehead atoms. The molecule has 4 nitrogen and oxygen atoms in total. The minimum atomic E-state index is -0.181. The molecule has 0 saturated carbocycles. The van der Waals surface area contributed by atoms with E-state index >= 15 is 0 Å². The molecule has 0 saturated heterocycles. The molecule has 0 unspecified atom stereocenters. The molecular weight excluding hydrogens is 284 g/mol. The van der Waals surface area contributed by atoms with Gasteiger partial charge < -0.3 is 4.98 Å². The maximum atomic E-state index is 12.1. The summed E-state index contributed by atoms with van der Waals surface area (Å²) in [6, 6.07) is 8.96. The van der Waals surface area contributed by atoms with Crippen LogP contribution in [0.5, 0.6) is 0 Å². The molecule has 1 aromatic heterocycles. The highest BCUT2D eigenvalue weighted by Crippen LogP contribution is 2.17. The zero-order valence-electron chi connectivity index (χ0n) is 12.3. The molecule has 0 amide bonds. The van der Waals surface area contributed by atoms with Gasteiger partial charge in [-0.1, -0.05) is 55.4 Å². The third-order valence-corrected chi connectivity index (χ3v) is 3.92. The van der Waals surface area contributed by atoms with Crippen LogP contribution >= 0.6 is 11.8 Å². The van der Waals surface area contributed by atoms with Crippen molar-refractivity contribution in [1.82, 2.24) is 9.97 Å². The highest BCUT2D eigenvalue weighted by atomic mass is 32.2. The monoisotopic (exact) mass is 302 g/mol. The number of carbonyl (C=O) groups is 1. The molecule has 0 fully saturated rings. The summed E-state index contributed by atoms with van der Waals surface area (Å²) < 4.78 is 0. The smallest absolute Gasteiger partial charge is 0.251 e. The number of aromatic nitrogens is 2. The summed E-state index contributed by atoms with van der Waals surface area (Å²) in [6.07, 6.45) is 0. The Kier molecular flexibility index (Phi) is 4.96.